The maximum atomic E-state index is 4.66. The van der Waals surface area contributed by atoms with Crippen LogP contribution in [-0.4, -0.2) is 50.1 Å². The molecular formula is C16H33IN4. The zero-order valence-corrected chi connectivity index (χ0v) is 16.1. The zero-order valence-electron chi connectivity index (χ0n) is 13.7. The van der Waals surface area contributed by atoms with Crippen molar-refractivity contribution in [2.24, 2.45) is 10.9 Å². The van der Waals surface area contributed by atoms with E-state index in [4.69, 9.17) is 0 Å². The van der Waals surface area contributed by atoms with Crippen LogP contribution >= 0.6 is 24.0 Å². The van der Waals surface area contributed by atoms with Crippen LogP contribution in [0.1, 0.15) is 51.9 Å². The molecule has 0 amide bonds. The molecule has 0 heterocycles. The van der Waals surface area contributed by atoms with Gasteiger partial charge in [0.25, 0.3) is 0 Å². The van der Waals surface area contributed by atoms with E-state index >= 15 is 0 Å². The Labute approximate surface area is 147 Å². The van der Waals surface area contributed by atoms with E-state index in [-0.39, 0.29) is 24.0 Å². The lowest BCUT2D eigenvalue weighted by molar-refractivity contribution is 0.194. The Balaban J connectivity index is 0.00000220. The average molecular weight is 408 g/mol. The predicted molar refractivity (Wildman–Crippen MR) is 102 cm³/mol. The molecule has 2 fully saturated rings. The summed E-state index contributed by atoms with van der Waals surface area (Å²) in [6, 6.07) is 0.802. The summed E-state index contributed by atoms with van der Waals surface area (Å²) in [6.45, 7) is 6.16. The Bertz CT molecular complexity index is 299. The quantitative estimate of drug-likeness (QED) is 0.387. The first-order valence-electron chi connectivity index (χ1n) is 8.52. The standard InChI is InChI=1S/C16H32N4.HI/c1-3-17-16(19-13-14-9-10-14)18-11-12-20(2)15-7-5-4-6-8-15;/h14-15H,3-13H2,1-2H3,(H2,17,18,19);1H. The van der Waals surface area contributed by atoms with Gasteiger partial charge >= 0.3 is 0 Å². The van der Waals surface area contributed by atoms with Gasteiger partial charge in [-0.15, -0.1) is 24.0 Å². The van der Waals surface area contributed by atoms with Gasteiger partial charge in [-0.2, -0.15) is 0 Å². The summed E-state index contributed by atoms with van der Waals surface area (Å²) >= 11 is 0. The van der Waals surface area contributed by atoms with E-state index < -0.39 is 0 Å². The number of aliphatic imine (C=N–C) groups is 1. The van der Waals surface area contributed by atoms with Crippen LogP contribution in [0.15, 0.2) is 4.99 Å². The Kier molecular flexibility index (Phi) is 9.64. The van der Waals surface area contributed by atoms with Crippen LogP contribution in [-0.2, 0) is 0 Å². The van der Waals surface area contributed by atoms with Crippen LogP contribution in [0.5, 0.6) is 0 Å². The van der Waals surface area contributed by atoms with Crippen molar-refractivity contribution >= 4 is 29.9 Å². The van der Waals surface area contributed by atoms with E-state index in [1.807, 2.05) is 0 Å². The normalized spacial score (nSPS) is 20.2. The lowest BCUT2D eigenvalue weighted by atomic mass is 9.94. The number of nitrogens with zero attached hydrogens (tertiary/aromatic N) is 2. The van der Waals surface area contributed by atoms with Gasteiger partial charge in [-0.3, -0.25) is 4.99 Å². The summed E-state index contributed by atoms with van der Waals surface area (Å²) in [7, 11) is 2.27. The Morgan fingerprint density at radius 2 is 1.81 bits per heavy atom. The molecule has 0 aromatic rings. The number of nitrogens with one attached hydrogen (secondary N) is 2. The Morgan fingerprint density at radius 3 is 2.43 bits per heavy atom. The van der Waals surface area contributed by atoms with Gasteiger partial charge in [0.1, 0.15) is 0 Å². The third-order valence-electron chi connectivity index (χ3n) is 4.50. The van der Waals surface area contributed by atoms with Crippen LogP contribution in [0.3, 0.4) is 0 Å². The number of halogens is 1. The molecule has 2 N–H and O–H groups in total. The van der Waals surface area contributed by atoms with Crippen LogP contribution in [0.2, 0.25) is 0 Å². The van der Waals surface area contributed by atoms with E-state index in [0.29, 0.717) is 0 Å². The lowest BCUT2D eigenvalue weighted by Gasteiger charge is -2.31. The molecule has 0 spiro atoms. The molecule has 5 heteroatoms. The highest BCUT2D eigenvalue weighted by molar-refractivity contribution is 14.0. The molecule has 21 heavy (non-hydrogen) atoms. The lowest BCUT2D eigenvalue weighted by Crippen LogP contribution is -2.43. The van der Waals surface area contributed by atoms with Crippen molar-refractivity contribution in [2.75, 3.05) is 33.2 Å². The highest BCUT2D eigenvalue weighted by atomic mass is 127. The van der Waals surface area contributed by atoms with Crippen LogP contribution in [0.4, 0.5) is 0 Å². The molecule has 0 atom stereocenters. The summed E-state index contributed by atoms with van der Waals surface area (Å²) in [5.41, 5.74) is 0. The van der Waals surface area contributed by atoms with Crippen molar-refractivity contribution in [3.05, 3.63) is 0 Å². The fourth-order valence-electron chi connectivity index (χ4n) is 2.92. The van der Waals surface area contributed by atoms with E-state index in [9.17, 15) is 0 Å². The molecule has 2 aliphatic carbocycles. The van der Waals surface area contributed by atoms with E-state index in [1.54, 1.807) is 0 Å². The van der Waals surface area contributed by atoms with Gasteiger partial charge in [-0.25, -0.2) is 0 Å². The minimum Gasteiger partial charge on any atom is -0.357 e. The second-order valence-electron chi connectivity index (χ2n) is 6.36. The maximum Gasteiger partial charge on any atom is 0.191 e. The third kappa shape index (κ3) is 7.68. The smallest absolute Gasteiger partial charge is 0.191 e. The van der Waals surface area contributed by atoms with Gasteiger partial charge in [-0.05, 0) is 45.6 Å². The minimum absolute atomic E-state index is 0. The first kappa shape index (κ1) is 19.0. The fourth-order valence-corrected chi connectivity index (χ4v) is 2.92. The second kappa shape index (κ2) is 10.6. The first-order chi connectivity index (χ1) is 9.79. The van der Waals surface area contributed by atoms with Crippen LogP contribution < -0.4 is 10.6 Å². The van der Waals surface area contributed by atoms with Crippen LogP contribution in [0.25, 0.3) is 0 Å². The van der Waals surface area contributed by atoms with Gasteiger partial charge in [0.05, 0.1) is 0 Å². The summed E-state index contributed by atoms with van der Waals surface area (Å²) in [5, 5.41) is 6.81. The number of hydrogen-bond acceptors (Lipinski definition) is 2. The molecule has 2 saturated carbocycles. The largest absolute Gasteiger partial charge is 0.357 e. The molecule has 0 aliphatic heterocycles. The van der Waals surface area contributed by atoms with Crippen LogP contribution in [0, 0.1) is 5.92 Å². The highest BCUT2D eigenvalue weighted by Gasteiger charge is 2.20. The third-order valence-corrected chi connectivity index (χ3v) is 4.50. The number of likely N-dealkylation sites (N-methyl/N-ethyl adjacent to an activating group) is 1. The Hall–Kier alpha value is -0.0400. The van der Waals surface area contributed by atoms with Crippen molar-refractivity contribution in [1.82, 2.24) is 15.5 Å². The molecule has 0 aromatic carbocycles. The van der Waals surface area contributed by atoms with Crippen molar-refractivity contribution < 1.29 is 0 Å². The first-order valence-corrected chi connectivity index (χ1v) is 8.52. The highest BCUT2D eigenvalue weighted by Crippen LogP contribution is 2.28. The zero-order chi connectivity index (χ0) is 14.2. The predicted octanol–water partition coefficient (Wildman–Crippen LogP) is 2.83. The molecule has 2 rings (SSSR count). The number of hydrogen-bond donors (Lipinski definition) is 2. The Morgan fingerprint density at radius 1 is 1.10 bits per heavy atom. The van der Waals surface area contributed by atoms with Gasteiger partial charge in [0, 0.05) is 32.2 Å². The summed E-state index contributed by atoms with van der Waals surface area (Å²) in [5.74, 6) is 1.85. The summed E-state index contributed by atoms with van der Waals surface area (Å²) < 4.78 is 0. The molecule has 124 valence electrons. The molecule has 0 unspecified atom stereocenters. The van der Waals surface area contributed by atoms with Crippen molar-refractivity contribution in [1.29, 1.82) is 0 Å². The SMILES string of the molecule is CCNC(=NCC1CC1)NCCN(C)C1CCCCC1.I. The molecule has 0 aromatic heterocycles. The molecule has 4 nitrogen and oxygen atoms in total. The molecule has 2 aliphatic rings. The topological polar surface area (TPSA) is 39.7 Å². The van der Waals surface area contributed by atoms with Gasteiger partial charge in [0.2, 0.25) is 0 Å². The molecule has 0 bridgehead atoms. The second-order valence-corrected chi connectivity index (χ2v) is 6.36. The maximum absolute atomic E-state index is 4.66. The van der Waals surface area contributed by atoms with Crippen molar-refractivity contribution in [2.45, 2.75) is 57.9 Å². The van der Waals surface area contributed by atoms with Gasteiger partial charge in [-0.1, -0.05) is 19.3 Å². The van der Waals surface area contributed by atoms with Gasteiger partial charge in [0.15, 0.2) is 5.96 Å². The van der Waals surface area contributed by atoms with Gasteiger partial charge < -0.3 is 15.5 Å². The fraction of sp³-hybridized carbons (Fsp3) is 0.938. The average Bonchev–Trinajstić information content (AvgIpc) is 3.30. The van der Waals surface area contributed by atoms with Crippen molar-refractivity contribution in [3.8, 4) is 0 Å². The monoisotopic (exact) mass is 408 g/mol. The van der Waals surface area contributed by atoms with Crippen molar-refractivity contribution in [3.63, 3.8) is 0 Å². The molecule has 0 saturated heterocycles. The summed E-state index contributed by atoms with van der Waals surface area (Å²) in [4.78, 5) is 7.19. The molecular weight excluding hydrogens is 375 g/mol. The number of rotatable bonds is 7. The minimum atomic E-state index is 0. The van der Waals surface area contributed by atoms with E-state index in [2.05, 4.69) is 34.5 Å². The number of guanidine groups is 1. The molecule has 0 radical (unpaired) electrons. The van der Waals surface area contributed by atoms with E-state index in [0.717, 1.165) is 44.1 Å². The van der Waals surface area contributed by atoms with E-state index in [1.165, 1.54) is 44.9 Å². The summed E-state index contributed by atoms with van der Waals surface area (Å²) in [6.07, 6.45) is 9.75.